The second-order valence-electron chi connectivity index (χ2n) is 4.38. The topological polar surface area (TPSA) is 24.5 Å². The van der Waals surface area contributed by atoms with Gasteiger partial charge in [0.25, 0.3) is 0 Å². The van der Waals surface area contributed by atoms with Crippen LogP contribution in [0.15, 0.2) is 24.3 Å². The zero-order valence-electron chi connectivity index (χ0n) is 10.2. The number of benzene rings is 1. The highest BCUT2D eigenvalue weighted by Gasteiger charge is 2.22. The summed E-state index contributed by atoms with van der Waals surface area (Å²) < 4.78 is 6.83. The molecule has 94 valence electrons. The zero-order valence-corrected chi connectivity index (χ0v) is 12.3. The predicted molar refractivity (Wildman–Crippen MR) is 78.1 cm³/mol. The summed E-state index contributed by atoms with van der Waals surface area (Å²) in [5, 5.41) is 3.24. The number of nitrogens with zero attached hydrogens (tertiary/aromatic N) is 1. The fraction of sp³-hybridized carbons (Fsp3) is 0.538. The molecule has 4 heteroatoms. The molecule has 1 atom stereocenters. The van der Waals surface area contributed by atoms with Gasteiger partial charge >= 0.3 is 0 Å². The Morgan fingerprint density at radius 3 is 2.88 bits per heavy atom. The first-order valence-electron chi connectivity index (χ1n) is 6.00. The van der Waals surface area contributed by atoms with E-state index >= 15 is 0 Å². The van der Waals surface area contributed by atoms with E-state index in [0.29, 0.717) is 6.04 Å². The van der Waals surface area contributed by atoms with E-state index in [2.05, 4.69) is 57.1 Å². The fourth-order valence-electron chi connectivity index (χ4n) is 2.15. The van der Waals surface area contributed by atoms with Gasteiger partial charge in [-0.2, -0.15) is 0 Å². The van der Waals surface area contributed by atoms with E-state index in [4.69, 9.17) is 4.74 Å². The molecule has 3 nitrogen and oxygen atoms in total. The highest BCUT2D eigenvalue weighted by atomic mass is 127. The van der Waals surface area contributed by atoms with Crippen LogP contribution in [0.5, 0.6) is 0 Å². The molecule has 1 aliphatic heterocycles. The molecule has 0 spiro atoms. The van der Waals surface area contributed by atoms with Gasteiger partial charge in [-0.25, -0.2) is 0 Å². The molecule has 2 rings (SSSR count). The summed E-state index contributed by atoms with van der Waals surface area (Å²) in [6.07, 6.45) is 0. The minimum Gasteiger partial charge on any atom is -0.378 e. The van der Waals surface area contributed by atoms with Gasteiger partial charge < -0.3 is 10.1 Å². The van der Waals surface area contributed by atoms with Crippen LogP contribution in [0.25, 0.3) is 0 Å². The molecular weight excluding hydrogens is 327 g/mol. The summed E-state index contributed by atoms with van der Waals surface area (Å²) in [6.45, 7) is 4.73. The molecule has 0 aliphatic carbocycles. The Kier molecular flexibility index (Phi) is 5.21. The third-order valence-electron chi connectivity index (χ3n) is 3.09. The molecule has 0 bridgehead atoms. The highest BCUT2D eigenvalue weighted by molar-refractivity contribution is 14.1. The first-order valence-corrected chi connectivity index (χ1v) is 7.08. The molecule has 1 N–H and O–H groups in total. The minimum absolute atomic E-state index is 0.494. The summed E-state index contributed by atoms with van der Waals surface area (Å²) >= 11 is 2.34. The second-order valence-corrected chi connectivity index (χ2v) is 5.63. The quantitative estimate of drug-likeness (QED) is 0.841. The van der Waals surface area contributed by atoms with Crippen LogP contribution in [-0.2, 0) is 11.3 Å². The molecule has 1 unspecified atom stereocenters. The first kappa shape index (κ1) is 13.3. The van der Waals surface area contributed by atoms with E-state index in [0.717, 1.165) is 32.8 Å². The molecule has 1 aromatic carbocycles. The van der Waals surface area contributed by atoms with Gasteiger partial charge in [0.05, 0.1) is 13.2 Å². The van der Waals surface area contributed by atoms with Gasteiger partial charge in [-0.15, -0.1) is 0 Å². The van der Waals surface area contributed by atoms with Gasteiger partial charge in [-0.05, 0) is 47.3 Å². The Morgan fingerprint density at radius 2 is 2.18 bits per heavy atom. The van der Waals surface area contributed by atoms with E-state index in [-0.39, 0.29) is 0 Å². The molecule has 1 saturated heterocycles. The lowest BCUT2D eigenvalue weighted by Gasteiger charge is -2.35. The lowest BCUT2D eigenvalue weighted by molar-refractivity contribution is -0.0103. The molecule has 0 radical (unpaired) electrons. The van der Waals surface area contributed by atoms with E-state index in [1.807, 2.05) is 7.05 Å². The lowest BCUT2D eigenvalue weighted by atomic mass is 10.1. The van der Waals surface area contributed by atoms with Crippen LogP contribution in [0.4, 0.5) is 0 Å². The third-order valence-corrected chi connectivity index (χ3v) is 3.81. The average molecular weight is 346 g/mol. The maximum atomic E-state index is 5.54. The van der Waals surface area contributed by atoms with Gasteiger partial charge in [0.2, 0.25) is 0 Å². The zero-order chi connectivity index (χ0) is 12.1. The van der Waals surface area contributed by atoms with Crippen LogP contribution in [0, 0.1) is 3.57 Å². The summed E-state index contributed by atoms with van der Waals surface area (Å²) in [7, 11) is 2.00. The van der Waals surface area contributed by atoms with E-state index in [1.165, 1.54) is 9.13 Å². The maximum absolute atomic E-state index is 5.54. The summed E-state index contributed by atoms with van der Waals surface area (Å²) in [6, 6.07) is 9.27. The standard InChI is InChI=1S/C13H19IN2O/c1-15-8-13-10-17-7-6-16(13)9-11-2-4-12(14)5-3-11/h2-5,13,15H,6-10H2,1H3. The Bertz CT molecular complexity index is 340. The van der Waals surface area contributed by atoms with E-state index < -0.39 is 0 Å². The molecule has 17 heavy (non-hydrogen) atoms. The number of ether oxygens (including phenoxy) is 1. The van der Waals surface area contributed by atoms with Crippen LogP contribution in [0.1, 0.15) is 5.56 Å². The molecule has 1 aliphatic rings. The summed E-state index contributed by atoms with van der Waals surface area (Å²) in [4.78, 5) is 2.50. The monoisotopic (exact) mass is 346 g/mol. The molecule has 0 saturated carbocycles. The van der Waals surface area contributed by atoms with Crippen molar-refractivity contribution in [1.82, 2.24) is 10.2 Å². The van der Waals surface area contributed by atoms with Gasteiger partial charge in [0.1, 0.15) is 0 Å². The van der Waals surface area contributed by atoms with Crippen molar-refractivity contribution in [3.63, 3.8) is 0 Å². The van der Waals surface area contributed by atoms with Gasteiger partial charge in [0.15, 0.2) is 0 Å². The Hall–Kier alpha value is -0.170. The fourth-order valence-corrected chi connectivity index (χ4v) is 2.50. The average Bonchev–Trinajstić information content (AvgIpc) is 2.35. The number of hydrogen-bond donors (Lipinski definition) is 1. The molecule has 1 aromatic rings. The molecule has 0 aromatic heterocycles. The normalized spacial score (nSPS) is 21.6. The highest BCUT2D eigenvalue weighted by Crippen LogP contribution is 2.13. The van der Waals surface area contributed by atoms with E-state index in [1.54, 1.807) is 0 Å². The SMILES string of the molecule is CNCC1COCCN1Cc1ccc(I)cc1. The Labute approximate surface area is 117 Å². The van der Waals surface area contributed by atoms with Crippen LogP contribution in [-0.4, -0.2) is 44.3 Å². The van der Waals surface area contributed by atoms with Crippen molar-refractivity contribution in [2.75, 3.05) is 33.4 Å². The molecule has 1 fully saturated rings. The Balaban J connectivity index is 1.97. The number of morpholine rings is 1. The minimum atomic E-state index is 0.494. The second kappa shape index (κ2) is 6.68. The predicted octanol–water partition coefficient (Wildman–Crippen LogP) is 1.71. The number of hydrogen-bond acceptors (Lipinski definition) is 3. The van der Waals surface area contributed by atoms with Crippen LogP contribution < -0.4 is 5.32 Å². The summed E-state index contributed by atoms with van der Waals surface area (Å²) in [5.74, 6) is 0. The number of halogens is 1. The molecule has 1 heterocycles. The molecule has 0 amide bonds. The summed E-state index contributed by atoms with van der Waals surface area (Å²) in [5.41, 5.74) is 1.38. The van der Waals surface area contributed by atoms with Crippen molar-refractivity contribution < 1.29 is 4.74 Å². The largest absolute Gasteiger partial charge is 0.378 e. The molecular formula is C13H19IN2O. The number of likely N-dealkylation sites (N-methyl/N-ethyl adjacent to an activating group) is 1. The Morgan fingerprint density at radius 1 is 1.41 bits per heavy atom. The van der Waals surface area contributed by atoms with Crippen LogP contribution >= 0.6 is 22.6 Å². The number of rotatable bonds is 4. The van der Waals surface area contributed by atoms with Crippen molar-refractivity contribution in [2.45, 2.75) is 12.6 Å². The van der Waals surface area contributed by atoms with Crippen molar-refractivity contribution in [3.8, 4) is 0 Å². The van der Waals surface area contributed by atoms with E-state index in [9.17, 15) is 0 Å². The van der Waals surface area contributed by atoms with Gasteiger partial charge in [-0.1, -0.05) is 12.1 Å². The van der Waals surface area contributed by atoms with Crippen molar-refractivity contribution in [1.29, 1.82) is 0 Å². The smallest absolute Gasteiger partial charge is 0.0635 e. The van der Waals surface area contributed by atoms with Crippen molar-refractivity contribution in [3.05, 3.63) is 33.4 Å². The third kappa shape index (κ3) is 3.91. The van der Waals surface area contributed by atoms with Crippen LogP contribution in [0.3, 0.4) is 0 Å². The van der Waals surface area contributed by atoms with Gasteiger partial charge in [0, 0.05) is 29.2 Å². The first-order chi connectivity index (χ1) is 8.29. The lowest BCUT2D eigenvalue weighted by Crippen LogP contribution is -2.49. The maximum Gasteiger partial charge on any atom is 0.0635 e. The van der Waals surface area contributed by atoms with Gasteiger partial charge in [-0.3, -0.25) is 4.90 Å². The number of nitrogens with one attached hydrogen (secondary N) is 1. The van der Waals surface area contributed by atoms with Crippen molar-refractivity contribution >= 4 is 22.6 Å². The van der Waals surface area contributed by atoms with Crippen molar-refractivity contribution in [2.24, 2.45) is 0 Å². The van der Waals surface area contributed by atoms with Crippen LogP contribution in [0.2, 0.25) is 0 Å².